The Morgan fingerprint density at radius 1 is 1.16 bits per heavy atom. The van der Waals surface area contributed by atoms with E-state index < -0.39 is 0 Å². The highest BCUT2D eigenvalue weighted by molar-refractivity contribution is 9.11. The standard InChI is InChI=1S/C14H10Br2ClNO/c1-7-5-11(16)9(6-10(7)15)14(19)8-3-2-4-12(17)13(8)18/h2-6H,18H2,1H3. The molecule has 5 heteroatoms. The molecule has 19 heavy (non-hydrogen) atoms. The fourth-order valence-electron chi connectivity index (χ4n) is 1.70. The van der Waals surface area contributed by atoms with Gasteiger partial charge in [-0.15, -0.1) is 0 Å². The molecule has 98 valence electrons. The van der Waals surface area contributed by atoms with Gasteiger partial charge in [-0.1, -0.05) is 49.5 Å². The summed E-state index contributed by atoms with van der Waals surface area (Å²) in [5.74, 6) is -0.160. The van der Waals surface area contributed by atoms with Gasteiger partial charge in [0.25, 0.3) is 0 Å². The minimum absolute atomic E-state index is 0.160. The number of nitrogens with two attached hydrogens (primary N) is 1. The van der Waals surface area contributed by atoms with Crippen LogP contribution in [0.15, 0.2) is 39.3 Å². The van der Waals surface area contributed by atoms with Gasteiger partial charge in [-0.25, -0.2) is 0 Å². The topological polar surface area (TPSA) is 43.1 Å². The molecule has 0 saturated carbocycles. The Balaban J connectivity index is 2.56. The number of benzene rings is 2. The second-order valence-electron chi connectivity index (χ2n) is 4.11. The summed E-state index contributed by atoms with van der Waals surface area (Å²) in [6.45, 7) is 1.96. The molecule has 0 radical (unpaired) electrons. The lowest BCUT2D eigenvalue weighted by molar-refractivity contribution is 0.103. The number of aryl methyl sites for hydroxylation is 1. The molecule has 0 saturated heterocycles. The first-order valence-electron chi connectivity index (χ1n) is 5.46. The average Bonchev–Trinajstić information content (AvgIpc) is 2.36. The van der Waals surface area contributed by atoms with E-state index in [0.29, 0.717) is 21.8 Å². The van der Waals surface area contributed by atoms with E-state index in [-0.39, 0.29) is 5.78 Å². The summed E-state index contributed by atoms with van der Waals surface area (Å²) in [5, 5.41) is 0.383. The summed E-state index contributed by atoms with van der Waals surface area (Å²) in [6.07, 6.45) is 0. The van der Waals surface area contributed by atoms with Crippen LogP contribution < -0.4 is 5.73 Å². The summed E-state index contributed by atoms with van der Waals surface area (Å²) in [7, 11) is 0. The third-order valence-electron chi connectivity index (χ3n) is 2.79. The minimum atomic E-state index is -0.160. The molecule has 2 nitrogen and oxygen atoms in total. The summed E-state index contributed by atoms with van der Waals surface area (Å²) >= 11 is 12.8. The first kappa shape index (κ1) is 14.6. The zero-order chi connectivity index (χ0) is 14.2. The second-order valence-corrected chi connectivity index (χ2v) is 6.23. The molecule has 2 rings (SSSR count). The van der Waals surface area contributed by atoms with E-state index in [2.05, 4.69) is 31.9 Å². The highest BCUT2D eigenvalue weighted by Gasteiger charge is 2.17. The van der Waals surface area contributed by atoms with Crippen molar-refractivity contribution in [1.82, 2.24) is 0 Å². The predicted molar refractivity (Wildman–Crippen MR) is 85.9 cm³/mol. The fourth-order valence-corrected chi connectivity index (χ4v) is 2.86. The van der Waals surface area contributed by atoms with Crippen molar-refractivity contribution in [1.29, 1.82) is 0 Å². The molecule has 0 fully saturated rings. The minimum Gasteiger partial charge on any atom is -0.397 e. The molecule has 0 unspecified atom stereocenters. The lowest BCUT2D eigenvalue weighted by Gasteiger charge is -2.09. The quantitative estimate of drug-likeness (QED) is 0.567. The van der Waals surface area contributed by atoms with Gasteiger partial charge in [-0.2, -0.15) is 0 Å². The number of anilines is 1. The van der Waals surface area contributed by atoms with Gasteiger partial charge in [-0.3, -0.25) is 4.79 Å². The lowest BCUT2D eigenvalue weighted by atomic mass is 10.0. The van der Waals surface area contributed by atoms with E-state index in [0.717, 1.165) is 14.5 Å². The largest absolute Gasteiger partial charge is 0.397 e. The normalized spacial score (nSPS) is 10.5. The van der Waals surface area contributed by atoms with Gasteiger partial charge in [0.15, 0.2) is 5.78 Å². The van der Waals surface area contributed by atoms with Crippen LogP contribution in [-0.2, 0) is 0 Å². The van der Waals surface area contributed by atoms with Crippen LogP contribution in [-0.4, -0.2) is 5.78 Å². The third kappa shape index (κ3) is 2.86. The lowest BCUT2D eigenvalue weighted by Crippen LogP contribution is -2.07. The average molecular weight is 404 g/mol. The molecular weight excluding hydrogens is 393 g/mol. The van der Waals surface area contributed by atoms with Gasteiger partial charge < -0.3 is 5.73 Å². The highest BCUT2D eigenvalue weighted by atomic mass is 79.9. The highest BCUT2D eigenvalue weighted by Crippen LogP contribution is 2.30. The molecule has 0 amide bonds. The molecule has 0 bridgehead atoms. The van der Waals surface area contributed by atoms with Crippen molar-refractivity contribution in [2.24, 2.45) is 0 Å². The summed E-state index contributed by atoms with van der Waals surface area (Å²) in [4.78, 5) is 12.5. The Morgan fingerprint density at radius 2 is 1.84 bits per heavy atom. The maximum atomic E-state index is 12.5. The maximum Gasteiger partial charge on any atom is 0.196 e. The van der Waals surface area contributed by atoms with Gasteiger partial charge in [0.2, 0.25) is 0 Å². The number of ketones is 1. The Kier molecular flexibility index (Phi) is 4.33. The molecule has 2 N–H and O–H groups in total. The van der Waals surface area contributed by atoms with E-state index in [1.807, 2.05) is 13.0 Å². The number of rotatable bonds is 2. The number of halogens is 3. The Bertz CT molecular complexity index is 671. The zero-order valence-electron chi connectivity index (χ0n) is 10.0. The van der Waals surface area contributed by atoms with Crippen LogP contribution >= 0.6 is 43.5 Å². The Hall–Kier alpha value is -0.840. The van der Waals surface area contributed by atoms with E-state index in [1.165, 1.54) is 0 Å². The van der Waals surface area contributed by atoms with Gasteiger partial charge in [-0.05, 0) is 36.8 Å². The van der Waals surface area contributed by atoms with Crippen molar-refractivity contribution in [2.75, 3.05) is 5.73 Å². The van der Waals surface area contributed by atoms with E-state index in [1.54, 1.807) is 24.3 Å². The monoisotopic (exact) mass is 401 g/mol. The van der Waals surface area contributed by atoms with Crippen LogP contribution in [0.4, 0.5) is 5.69 Å². The van der Waals surface area contributed by atoms with Crippen LogP contribution in [0, 0.1) is 6.92 Å². The van der Waals surface area contributed by atoms with Crippen molar-refractivity contribution < 1.29 is 4.79 Å². The number of carbonyl (C=O) groups excluding carboxylic acids is 1. The second kappa shape index (κ2) is 5.65. The summed E-state index contributed by atoms with van der Waals surface area (Å²) in [5.41, 5.74) is 8.16. The summed E-state index contributed by atoms with van der Waals surface area (Å²) < 4.78 is 1.61. The zero-order valence-corrected chi connectivity index (χ0v) is 13.9. The van der Waals surface area contributed by atoms with Crippen LogP contribution in [0.25, 0.3) is 0 Å². The molecular formula is C14H10Br2ClNO. The smallest absolute Gasteiger partial charge is 0.196 e. The predicted octanol–water partition coefficient (Wildman–Crippen LogP) is 4.99. The van der Waals surface area contributed by atoms with E-state index in [9.17, 15) is 4.79 Å². The van der Waals surface area contributed by atoms with Crippen LogP contribution in [0.5, 0.6) is 0 Å². The SMILES string of the molecule is Cc1cc(Br)c(C(=O)c2cccc(Cl)c2N)cc1Br. The molecule has 0 aromatic heterocycles. The number of nitrogen functional groups attached to an aromatic ring is 1. The number of hydrogen-bond donors (Lipinski definition) is 1. The summed E-state index contributed by atoms with van der Waals surface area (Å²) in [6, 6.07) is 8.71. The van der Waals surface area contributed by atoms with E-state index in [4.69, 9.17) is 17.3 Å². The molecule has 0 atom stereocenters. The fraction of sp³-hybridized carbons (Fsp3) is 0.0714. The Morgan fingerprint density at radius 3 is 2.53 bits per heavy atom. The van der Waals surface area contributed by atoms with Crippen LogP contribution in [0.3, 0.4) is 0 Å². The van der Waals surface area contributed by atoms with Crippen molar-refractivity contribution in [3.63, 3.8) is 0 Å². The van der Waals surface area contributed by atoms with Crippen LogP contribution in [0.1, 0.15) is 21.5 Å². The van der Waals surface area contributed by atoms with Crippen LogP contribution in [0.2, 0.25) is 5.02 Å². The van der Waals surface area contributed by atoms with Gasteiger partial charge in [0, 0.05) is 20.1 Å². The molecule has 0 aliphatic rings. The van der Waals surface area contributed by atoms with Crippen molar-refractivity contribution in [3.8, 4) is 0 Å². The molecule has 0 spiro atoms. The van der Waals surface area contributed by atoms with Gasteiger partial charge >= 0.3 is 0 Å². The maximum absolute atomic E-state index is 12.5. The third-order valence-corrected chi connectivity index (χ3v) is 4.63. The Labute approximate surface area is 133 Å². The van der Waals surface area contributed by atoms with Gasteiger partial charge in [0.05, 0.1) is 10.7 Å². The number of hydrogen-bond acceptors (Lipinski definition) is 2. The molecule has 0 aliphatic heterocycles. The first-order chi connectivity index (χ1) is 8.91. The molecule has 0 aliphatic carbocycles. The number of carbonyl (C=O) groups is 1. The van der Waals surface area contributed by atoms with E-state index >= 15 is 0 Å². The van der Waals surface area contributed by atoms with Crippen molar-refractivity contribution in [2.45, 2.75) is 6.92 Å². The molecule has 2 aromatic carbocycles. The van der Waals surface area contributed by atoms with Crippen molar-refractivity contribution in [3.05, 3.63) is 61.0 Å². The van der Waals surface area contributed by atoms with Crippen molar-refractivity contribution >= 4 is 54.9 Å². The molecule has 0 heterocycles. The van der Waals surface area contributed by atoms with Gasteiger partial charge in [0.1, 0.15) is 0 Å². The number of para-hydroxylation sites is 1. The first-order valence-corrected chi connectivity index (χ1v) is 7.42. The molecule has 2 aromatic rings.